The third-order valence-corrected chi connectivity index (χ3v) is 4.68. The van der Waals surface area contributed by atoms with E-state index in [9.17, 15) is 9.59 Å². The molecule has 0 N–H and O–H groups in total. The summed E-state index contributed by atoms with van der Waals surface area (Å²) in [7, 11) is 2.09. The minimum absolute atomic E-state index is 0.00134. The van der Waals surface area contributed by atoms with Crippen molar-refractivity contribution < 1.29 is 9.59 Å². The Morgan fingerprint density at radius 2 is 1.80 bits per heavy atom. The van der Waals surface area contributed by atoms with E-state index in [0.717, 1.165) is 51.7 Å². The third kappa shape index (κ3) is 4.58. The predicted molar refractivity (Wildman–Crippen MR) is 81.5 cm³/mol. The van der Waals surface area contributed by atoms with Crippen molar-refractivity contribution >= 4 is 12.2 Å². The molecule has 0 saturated carbocycles. The van der Waals surface area contributed by atoms with Crippen LogP contribution in [-0.4, -0.2) is 55.2 Å². The summed E-state index contributed by atoms with van der Waals surface area (Å²) >= 11 is 0. The fourth-order valence-electron chi connectivity index (χ4n) is 2.79. The molecule has 1 aliphatic rings. The van der Waals surface area contributed by atoms with Gasteiger partial charge in [-0.05, 0) is 19.4 Å². The van der Waals surface area contributed by atoms with E-state index in [1.165, 1.54) is 0 Å². The Morgan fingerprint density at radius 3 is 2.30 bits per heavy atom. The maximum atomic E-state index is 12.8. The van der Waals surface area contributed by atoms with Crippen molar-refractivity contribution in [1.29, 1.82) is 0 Å². The monoisotopic (exact) mass is 282 g/mol. The molecular weight excluding hydrogens is 252 g/mol. The van der Waals surface area contributed by atoms with Gasteiger partial charge in [0.2, 0.25) is 5.91 Å². The van der Waals surface area contributed by atoms with Gasteiger partial charge in [-0.3, -0.25) is 4.79 Å². The molecule has 1 fully saturated rings. The van der Waals surface area contributed by atoms with Gasteiger partial charge in [0, 0.05) is 38.0 Å². The fourth-order valence-corrected chi connectivity index (χ4v) is 2.79. The van der Waals surface area contributed by atoms with Crippen LogP contribution in [0.2, 0.25) is 0 Å². The summed E-state index contributed by atoms with van der Waals surface area (Å²) in [6, 6.07) is 0. The number of rotatable bonds is 7. The fraction of sp³-hybridized carbons (Fsp3) is 0.875. The average molecular weight is 282 g/mol. The molecule has 0 aromatic rings. The van der Waals surface area contributed by atoms with Crippen LogP contribution in [0.5, 0.6) is 0 Å². The average Bonchev–Trinajstić information content (AvgIpc) is 2.47. The molecule has 0 aromatic carbocycles. The van der Waals surface area contributed by atoms with Crippen molar-refractivity contribution in [3.63, 3.8) is 0 Å². The van der Waals surface area contributed by atoms with Crippen molar-refractivity contribution in [2.45, 2.75) is 40.0 Å². The van der Waals surface area contributed by atoms with E-state index in [0.29, 0.717) is 0 Å². The van der Waals surface area contributed by atoms with E-state index in [4.69, 9.17) is 0 Å². The number of nitrogens with zero attached hydrogens (tertiary/aromatic N) is 2. The molecule has 3 atom stereocenters. The zero-order valence-electron chi connectivity index (χ0n) is 13.5. The van der Waals surface area contributed by atoms with Crippen LogP contribution >= 0.6 is 0 Å². The van der Waals surface area contributed by atoms with Gasteiger partial charge in [0.05, 0.1) is 0 Å². The Kier molecular flexibility index (Phi) is 7.20. The van der Waals surface area contributed by atoms with Crippen LogP contribution in [0.25, 0.3) is 0 Å². The highest BCUT2D eigenvalue weighted by atomic mass is 16.2. The summed E-state index contributed by atoms with van der Waals surface area (Å²) in [5.74, 6) is 0.339. The minimum atomic E-state index is -0.0479. The number of aldehydes is 1. The second-order valence-electron chi connectivity index (χ2n) is 6.23. The zero-order chi connectivity index (χ0) is 15.1. The van der Waals surface area contributed by atoms with Crippen molar-refractivity contribution in [1.82, 2.24) is 9.80 Å². The van der Waals surface area contributed by atoms with E-state index in [1.807, 2.05) is 18.7 Å². The molecule has 0 bridgehead atoms. The van der Waals surface area contributed by atoms with Crippen LogP contribution in [0.4, 0.5) is 0 Å². The van der Waals surface area contributed by atoms with Crippen LogP contribution in [-0.2, 0) is 9.59 Å². The van der Waals surface area contributed by atoms with Crippen molar-refractivity contribution in [2.75, 3.05) is 33.2 Å². The lowest BCUT2D eigenvalue weighted by Crippen LogP contribution is -2.50. The van der Waals surface area contributed by atoms with Gasteiger partial charge in [-0.1, -0.05) is 33.6 Å². The van der Waals surface area contributed by atoms with E-state index in [2.05, 4.69) is 18.9 Å². The first-order valence-corrected chi connectivity index (χ1v) is 7.93. The maximum absolute atomic E-state index is 12.8. The Hall–Kier alpha value is -0.900. The van der Waals surface area contributed by atoms with Crippen molar-refractivity contribution in [3.8, 4) is 0 Å². The van der Waals surface area contributed by atoms with Crippen LogP contribution in [0.1, 0.15) is 40.0 Å². The highest BCUT2D eigenvalue weighted by Gasteiger charge is 2.32. The van der Waals surface area contributed by atoms with Gasteiger partial charge in [-0.25, -0.2) is 0 Å². The number of hydrogen-bond donors (Lipinski definition) is 0. The normalized spacial score (nSPS) is 21.3. The lowest BCUT2D eigenvalue weighted by atomic mass is 9.80. The molecule has 3 unspecified atom stereocenters. The molecule has 0 radical (unpaired) electrons. The summed E-state index contributed by atoms with van der Waals surface area (Å²) in [5, 5.41) is 0. The number of carbonyl (C=O) groups is 2. The molecule has 0 spiro atoms. The Labute approximate surface area is 123 Å². The lowest BCUT2D eigenvalue weighted by molar-refractivity contribution is -0.140. The number of unbranched alkanes of at least 4 members (excludes halogenated alkanes) is 1. The number of amides is 1. The molecule has 4 heteroatoms. The standard InChI is InChI=1S/C16H30N2O2/c1-5-6-7-15(14(3)13(2)12-19)16(20)18-10-8-17(4)9-11-18/h12-15H,5-11H2,1-4H3. The molecule has 116 valence electrons. The zero-order valence-corrected chi connectivity index (χ0v) is 13.5. The number of carbonyl (C=O) groups excluding carboxylic acids is 2. The van der Waals surface area contributed by atoms with Crippen molar-refractivity contribution in [2.24, 2.45) is 17.8 Å². The van der Waals surface area contributed by atoms with Crippen LogP contribution in [0.15, 0.2) is 0 Å². The van der Waals surface area contributed by atoms with E-state index in [1.54, 1.807) is 0 Å². The largest absolute Gasteiger partial charge is 0.340 e. The van der Waals surface area contributed by atoms with Crippen molar-refractivity contribution in [3.05, 3.63) is 0 Å². The van der Waals surface area contributed by atoms with Gasteiger partial charge in [0.1, 0.15) is 6.29 Å². The molecule has 1 amide bonds. The maximum Gasteiger partial charge on any atom is 0.226 e. The van der Waals surface area contributed by atoms with Crippen LogP contribution < -0.4 is 0 Å². The summed E-state index contributed by atoms with van der Waals surface area (Å²) in [4.78, 5) is 28.0. The molecule has 20 heavy (non-hydrogen) atoms. The highest BCUT2D eigenvalue weighted by Crippen LogP contribution is 2.27. The first-order valence-electron chi connectivity index (χ1n) is 7.93. The van der Waals surface area contributed by atoms with E-state index < -0.39 is 0 Å². The molecule has 1 saturated heterocycles. The molecule has 1 heterocycles. The van der Waals surface area contributed by atoms with E-state index in [-0.39, 0.29) is 23.7 Å². The first kappa shape index (κ1) is 17.2. The van der Waals surface area contributed by atoms with Gasteiger partial charge in [-0.15, -0.1) is 0 Å². The second kappa shape index (κ2) is 8.40. The highest BCUT2D eigenvalue weighted by molar-refractivity contribution is 5.79. The van der Waals surface area contributed by atoms with Crippen LogP contribution in [0, 0.1) is 17.8 Å². The number of likely N-dealkylation sites (N-methyl/N-ethyl adjacent to an activating group) is 1. The molecule has 0 aromatic heterocycles. The molecule has 1 rings (SSSR count). The minimum Gasteiger partial charge on any atom is -0.340 e. The van der Waals surface area contributed by atoms with Gasteiger partial charge in [0.25, 0.3) is 0 Å². The summed E-state index contributed by atoms with van der Waals surface area (Å²) in [6.45, 7) is 9.65. The molecule has 4 nitrogen and oxygen atoms in total. The second-order valence-corrected chi connectivity index (χ2v) is 6.23. The number of hydrogen-bond acceptors (Lipinski definition) is 3. The Morgan fingerprint density at radius 1 is 1.20 bits per heavy atom. The van der Waals surface area contributed by atoms with Crippen LogP contribution in [0.3, 0.4) is 0 Å². The Balaban J connectivity index is 2.70. The quantitative estimate of drug-likeness (QED) is 0.671. The van der Waals surface area contributed by atoms with E-state index >= 15 is 0 Å². The summed E-state index contributed by atoms with van der Waals surface area (Å²) in [6.07, 6.45) is 4.04. The topological polar surface area (TPSA) is 40.6 Å². The summed E-state index contributed by atoms with van der Waals surface area (Å²) < 4.78 is 0. The first-order chi connectivity index (χ1) is 9.51. The predicted octanol–water partition coefficient (Wildman–Crippen LogP) is 2.04. The third-order valence-electron chi connectivity index (χ3n) is 4.68. The van der Waals surface area contributed by atoms with Gasteiger partial charge < -0.3 is 14.6 Å². The smallest absolute Gasteiger partial charge is 0.226 e. The summed E-state index contributed by atoms with van der Waals surface area (Å²) in [5.41, 5.74) is 0. The Bertz CT molecular complexity index is 312. The molecular formula is C16H30N2O2. The van der Waals surface area contributed by atoms with Gasteiger partial charge in [-0.2, -0.15) is 0 Å². The lowest BCUT2D eigenvalue weighted by Gasteiger charge is -2.36. The molecule has 0 aliphatic carbocycles. The van der Waals surface area contributed by atoms with Gasteiger partial charge in [0.15, 0.2) is 0 Å². The SMILES string of the molecule is CCCCC(C(=O)N1CCN(C)CC1)C(C)C(C)C=O. The van der Waals surface area contributed by atoms with Gasteiger partial charge >= 0.3 is 0 Å². The number of piperazine rings is 1. The molecule has 1 aliphatic heterocycles.